The Bertz CT molecular complexity index is 1380. The van der Waals surface area contributed by atoms with Crippen LogP contribution in [-0.2, 0) is 23.9 Å². The van der Waals surface area contributed by atoms with Crippen molar-refractivity contribution in [3.63, 3.8) is 0 Å². The van der Waals surface area contributed by atoms with Crippen molar-refractivity contribution in [3.05, 3.63) is 100 Å². The number of nitrogens with zero attached hydrogens (tertiary/aromatic N) is 1. The van der Waals surface area contributed by atoms with Crippen molar-refractivity contribution in [2.24, 2.45) is 11.8 Å². The molecule has 3 aromatic rings. The molecule has 2 bridgehead atoms. The molecule has 3 amide bonds. The lowest BCUT2D eigenvalue weighted by molar-refractivity contribution is -0.159. The van der Waals surface area contributed by atoms with Gasteiger partial charge in [0.15, 0.2) is 6.61 Å². The smallest absolute Gasteiger partial charge is 0.329 e. The van der Waals surface area contributed by atoms with Crippen LogP contribution in [0.3, 0.4) is 0 Å². The van der Waals surface area contributed by atoms with Gasteiger partial charge in [-0.3, -0.25) is 19.3 Å². The van der Waals surface area contributed by atoms with Gasteiger partial charge in [-0.2, -0.15) is 0 Å². The third kappa shape index (κ3) is 3.49. The van der Waals surface area contributed by atoms with E-state index in [4.69, 9.17) is 4.74 Å². The van der Waals surface area contributed by atoms with Gasteiger partial charge in [-0.15, -0.1) is 0 Å². The number of carbonyl (C=O) groups excluding carboxylic acids is 4. The molecule has 0 radical (unpaired) electrons. The fourth-order valence-corrected chi connectivity index (χ4v) is 6.63. The zero-order valence-electron chi connectivity index (χ0n) is 21.4. The summed E-state index contributed by atoms with van der Waals surface area (Å²) >= 11 is 0. The summed E-state index contributed by atoms with van der Waals surface area (Å²) in [7, 11) is 0. The molecular weight excluding hydrogens is 480 g/mol. The molecular formula is C31H28N2O5. The predicted octanol–water partition coefficient (Wildman–Crippen LogP) is 4.07. The molecule has 1 heterocycles. The number of anilines is 1. The second kappa shape index (κ2) is 8.94. The highest BCUT2D eigenvalue weighted by Gasteiger charge is 2.62. The first-order chi connectivity index (χ1) is 18.3. The van der Waals surface area contributed by atoms with Gasteiger partial charge in [-0.05, 0) is 54.2 Å². The Morgan fingerprint density at radius 3 is 1.68 bits per heavy atom. The lowest BCUT2D eigenvalue weighted by Crippen LogP contribution is -2.45. The zero-order chi connectivity index (χ0) is 26.7. The Hall–Kier alpha value is -4.26. The van der Waals surface area contributed by atoms with E-state index in [-0.39, 0.29) is 23.7 Å². The average Bonchev–Trinajstić information content (AvgIpc) is 3.19. The van der Waals surface area contributed by atoms with Crippen molar-refractivity contribution in [1.29, 1.82) is 0 Å². The Morgan fingerprint density at radius 1 is 0.789 bits per heavy atom. The Labute approximate surface area is 220 Å². The molecule has 0 aromatic heterocycles. The molecule has 0 unspecified atom stereocenters. The minimum Gasteiger partial charge on any atom is -0.454 e. The summed E-state index contributed by atoms with van der Waals surface area (Å²) in [6.07, 6.45) is 0. The molecule has 0 spiro atoms. The monoisotopic (exact) mass is 508 g/mol. The molecule has 1 saturated heterocycles. The molecule has 7 nitrogen and oxygen atoms in total. The van der Waals surface area contributed by atoms with E-state index in [9.17, 15) is 19.2 Å². The normalized spacial score (nSPS) is 23.4. The molecule has 1 aliphatic heterocycles. The maximum Gasteiger partial charge on any atom is 0.329 e. The Balaban J connectivity index is 1.22. The Kier molecular flexibility index (Phi) is 5.67. The SMILES string of the molecule is Cc1cccc(C)c1NC(=O)COC(=O)[C@H](C)N1C(=O)[C@H]2C3c4ccccc4C(c4ccccc43)[C@@H]2C1=O. The number of aryl methyl sites for hydroxylation is 2. The summed E-state index contributed by atoms with van der Waals surface area (Å²) in [5.41, 5.74) is 6.73. The number of amides is 3. The van der Waals surface area contributed by atoms with Crippen LogP contribution in [0, 0.1) is 25.7 Å². The molecule has 7 rings (SSSR count). The van der Waals surface area contributed by atoms with Crippen molar-refractivity contribution in [2.75, 3.05) is 11.9 Å². The number of esters is 1. The third-order valence-corrected chi connectivity index (χ3v) is 8.30. The van der Waals surface area contributed by atoms with Gasteiger partial charge in [-0.25, -0.2) is 4.79 Å². The van der Waals surface area contributed by atoms with Crippen LogP contribution >= 0.6 is 0 Å². The van der Waals surface area contributed by atoms with E-state index in [1.54, 1.807) is 0 Å². The van der Waals surface area contributed by atoms with Crippen molar-refractivity contribution < 1.29 is 23.9 Å². The molecule has 3 aromatic carbocycles. The van der Waals surface area contributed by atoms with Crippen LogP contribution in [0.1, 0.15) is 52.1 Å². The lowest BCUT2D eigenvalue weighted by atomic mass is 9.55. The first-order valence-electron chi connectivity index (χ1n) is 12.9. The second-order valence-electron chi connectivity index (χ2n) is 10.4. The highest BCUT2D eigenvalue weighted by Crippen LogP contribution is 2.61. The van der Waals surface area contributed by atoms with E-state index >= 15 is 0 Å². The van der Waals surface area contributed by atoms with E-state index in [0.717, 1.165) is 38.3 Å². The second-order valence-corrected chi connectivity index (χ2v) is 10.4. The number of benzene rings is 3. The molecule has 7 heteroatoms. The molecule has 1 N–H and O–H groups in total. The molecule has 192 valence electrons. The van der Waals surface area contributed by atoms with Gasteiger partial charge in [0.25, 0.3) is 5.91 Å². The molecule has 0 saturated carbocycles. The first kappa shape index (κ1) is 24.1. The van der Waals surface area contributed by atoms with Crippen LogP contribution in [0.4, 0.5) is 5.69 Å². The molecule has 4 aliphatic rings. The van der Waals surface area contributed by atoms with E-state index in [1.807, 2.05) is 80.6 Å². The van der Waals surface area contributed by atoms with E-state index in [0.29, 0.717) is 5.69 Å². The number of ether oxygens (including phenoxy) is 1. The van der Waals surface area contributed by atoms with Gasteiger partial charge in [0.1, 0.15) is 6.04 Å². The van der Waals surface area contributed by atoms with Crippen molar-refractivity contribution in [3.8, 4) is 0 Å². The summed E-state index contributed by atoms with van der Waals surface area (Å²) < 4.78 is 5.28. The number of hydrogen-bond acceptors (Lipinski definition) is 5. The highest BCUT2D eigenvalue weighted by molar-refractivity contribution is 6.10. The van der Waals surface area contributed by atoms with Crippen LogP contribution in [0.5, 0.6) is 0 Å². The van der Waals surface area contributed by atoms with E-state index < -0.39 is 36.4 Å². The zero-order valence-corrected chi connectivity index (χ0v) is 21.4. The summed E-state index contributed by atoms with van der Waals surface area (Å²) in [5, 5.41) is 2.78. The highest BCUT2D eigenvalue weighted by atomic mass is 16.5. The maximum atomic E-state index is 13.8. The standard InChI is InChI=1S/C31H28N2O5/c1-16-9-8-10-17(2)28(16)32-23(34)15-38-31(37)18(3)33-29(35)26-24-19-11-4-5-12-20(19)25(27(26)30(33)36)22-14-7-6-13-21(22)24/h4-14,18,24-27H,15H2,1-3H3,(H,32,34)/t18-,24?,25?,26-,27-/m0/s1. The average molecular weight is 509 g/mol. The largest absolute Gasteiger partial charge is 0.454 e. The summed E-state index contributed by atoms with van der Waals surface area (Å²) in [6.45, 7) is 4.73. The first-order valence-corrected chi connectivity index (χ1v) is 12.9. The van der Waals surface area contributed by atoms with Crippen LogP contribution in [0.2, 0.25) is 0 Å². The van der Waals surface area contributed by atoms with Crippen LogP contribution < -0.4 is 5.32 Å². The summed E-state index contributed by atoms with van der Waals surface area (Å²) in [5.74, 6) is -3.62. The third-order valence-electron chi connectivity index (χ3n) is 8.30. The minimum absolute atomic E-state index is 0.245. The van der Waals surface area contributed by atoms with Crippen molar-refractivity contribution in [2.45, 2.75) is 38.6 Å². The van der Waals surface area contributed by atoms with Crippen LogP contribution in [0.15, 0.2) is 66.7 Å². The van der Waals surface area contributed by atoms with Gasteiger partial charge in [0.2, 0.25) is 11.8 Å². The van der Waals surface area contributed by atoms with E-state index in [2.05, 4.69) is 5.32 Å². The van der Waals surface area contributed by atoms with Crippen molar-refractivity contribution in [1.82, 2.24) is 4.90 Å². The Morgan fingerprint density at radius 2 is 1.24 bits per heavy atom. The van der Waals surface area contributed by atoms with Crippen molar-refractivity contribution >= 4 is 29.4 Å². The molecule has 3 atom stereocenters. The van der Waals surface area contributed by atoms with Gasteiger partial charge >= 0.3 is 5.97 Å². The van der Waals surface area contributed by atoms with Gasteiger partial charge in [0.05, 0.1) is 11.8 Å². The molecule has 1 fully saturated rings. The number of hydrogen-bond donors (Lipinski definition) is 1. The van der Waals surface area contributed by atoms with Crippen LogP contribution in [-0.4, -0.2) is 41.2 Å². The number of imide groups is 1. The topological polar surface area (TPSA) is 92.8 Å². The number of likely N-dealkylation sites (tertiary alicyclic amines) is 1. The molecule has 3 aliphatic carbocycles. The number of nitrogens with one attached hydrogen (secondary N) is 1. The number of carbonyl (C=O) groups is 4. The number of para-hydroxylation sites is 1. The van der Waals surface area contributed by atoms with Crippen LogP contribution in [0.25, 0.3) is 0 Å². The quantitative estimate of drug-likeness (QED) is 0.414. The van der Waals surface area contributed by atoms with Gasteiger partial charge < -0.3 is 10.1 Å². The molecule has 38 heavy (non-hydrogen) atoms. The minimum atomic E-state index is -1.14. The summed E-state index contributed by atoms with van der Waals surface area (Å²) in [4.78, 5) is 54.1. The number of rotatable bonds is 5. The fourth-order valence-electron chi connectivity index (χ4n) is 6.63. The van der Waals surface area contributed by atoms with E-state index in [1.165, 1.54) is 6.92 Å². The lowest BCUT2D eigenvalue weighted by Gasteiger charge is -2.45. The van der Waals surface area contributed by atoms with Gasteiger partial charge in [0, 0.05) is 17.5 Å². The fraction of sp³-hybridized carbons (Fsp3) is 0.290. The van der Waals surface area contributed by atoms with Gasteiger partial charge in [-0.1, -0.05) is 66.7 Å². The summed E-state index contributed by atoms with van der Waals surface area (Å²) in [6, 6.07) is 20.5. The maximum absolute atomic E-state index is 13.8. The predicted molar refractivity (Wildman–Crippen MR) is 140 cm³/mol.